The van der Waals surface area contributed by atoms with Crippen LogP contribution >= 0.6 is 12.2 Å². The second-order valence-corrected chi connectivity index (χ2v) is 7.68. The van der Waals surface area contributed by atoms with Crippen molar-refractivity contribution in [1.82, 2.24) is 14.9 Å². The Morgan fingerprint density at radius 1 is 1.06 bits per heavy atom. The topological polar surface area (TPSA) is 67.2 Å². The molecule has 0 atom stereocenters. The summed E-state index contributed by atoms with van der Waals surface area (Å²) in [6, 6.07) is 11.1. The van der Waals surface area contributed by atoms with Crippen molar-refractivity contribution in [2.45, 2.75) is 20.8 Å². The molecule has 1 N–H and O–H groups in total. The zero-order valence-electron chi connectivity index (χ0n) is 17.1. The van der Waals surface area contributed by atoms with Crippen LogP contribution in [0.3, 0.4) is 0 Å². The number of carbonyl (C=O) groups is 2. The van der Waals surface area contributed by atoms with E-state index in [0.29, 0.717) is 11.3 Å². The molecule has 0 spiro atoms. The average molecular weight is 434 g/mol. The smallest absolute Gasteiger partial charge is 0.270 e. The molecule has 156 valence electrons. The highest BCUT2D eigenvalue weighted by Gasteiger charge is 2.34. The highest BCUT2D eigenvalue weighted by atomic mass is 32.1. The predicted molar refractivity (Wildman–Crippen MR) is 120 cm³/mol. The molecule has 2 amide bonds. The van der Waals surface area contributed by atoms with E-state index in [1.807, 2.05) is 43.5 Å². The summed E-state index contributed by atoms with van der Waals surface area (Å²) in [7, 11) is 0. The number of rotatable bonds is 3. The number of hydrogen-bond acceptors (Lipinski definition) is 4. The highest BCUT2D eigenvalue weighted by Crippen LogP contribution is 2.25. The molecule has 0 unspecified atom stereocenters. The van der Waals surface area contributed by atoms with Crippen molar-refractivity contribution < 1.29 is 14.0 Å². The molecule has 3 heterocycles. The van der Waals surface area contributed by atoms with Gasteiger partial charge in [0.1, 0.15) is 17.2 Å². The Labute approximate surface area is 184 Å². The van der Waals surface area contributed by atoms with Gasteiger partial charge in [-0.3, -0.25) is 19.8 Å². The molecular formula is C23H19FN4O2S. The van der Waals surface area contributed by atoms with E-state index in [-0.39, 0.29) is 10.7 Å². The standard InChI is InChI=1S/C23H19FN4O2S/c1-13-4-9-20(25-12-13)27-14(2)10-16(15(27)3)11-19-21(29)26-23(31)28(22(19)30)18-7-5-17(24)6-8-18/h4-12H,1-3H3,(H,26,29,31)/b19-11+. The Kier molecular flexibility index (Phi) is 5.24. The lowest BCUT2D eigenvalue weighted by Gasteiger charge is -2.28. The number of aromatic nitrogens is 2. The van der Waals surface area contributed by atoms with E-state index in [9.17, 15) is 14.0 Å². The molecule has 1 aromatic carbocycles. The van der Waals surface area contributed by atoms with Crippen LogP contribution in [0.5, 0.6) is 0 Å². The lowest BCUT2D eigenvalue weighted by atomic mass is 10.1. The van der Waals surface area contributed by atoms with E-state index in [4.69, 9.17) is 12.2 Å². The molecule has 0 radical (unpaired) electrons. The number of pyridine rings is 1. The summed E-state index contributed by atoms with van der Waals surface area (Å²) in [5.74, 6) is -0.833. The van der Waals surface area contributed by atoms with Gasteiger partial charge in [-0.05, 0) is 86.6 Å². The summed E-state index contributed by atoms with van der Waals surface area (Å²) in [4.78, 5) is 31.4. The van der Waals surface area contributed by atoms with Crippen LogP contribution in [-0.2, 0) is 9.59 Å². The summed E-state index contributed by atoms with van der Waals surface area (Å²) in [5, 5.41) is 2.49. The maximum absolute atomic E-state index is 13.3. The number of amides is 2. The summed E-state index contributed by atoms with van der Waals surface area (Å²) < 4.78 is 15.3. The first-order valence-electron chi connectivity index (χ1n) is 9.55. The van der Waals surface area contributed by atoms with E-state index in [0.717, 1.165) is 22.8 Å². The third-order valence-electron chi connectivity index (χ3n) is 5.08. The molecule has 1 aliphatic rings. The van der Waals surface area contributed by atoms with Crippen LogP contribution in [0.15, 0.2) is 54.2 Å². The molecule has 2 aromatic heterocycles. The van der Waals surface area contributed by atoms with Crippen molar-refractivity contribution in [3.05, 3.63) is 82.6 Å². The van der Waals surface area contributed by atoms with Gasteiger partial charge in [0.15, 0.2) is 5.11 Å². The summed E-state index contributed by atoms with van der Waals surface area (Å²) in [6.45, 7) is 5.79. The minimum absolute atomic E-state index is 0.0481. The minimum atomic E-state index is -0.577. The molecule has 4 rings (SSSR count). The zero-order chi connectivity index (χ0) is 22.3. The van der Waals surface area contributed by atoms with E-state index >= 15 is 0 Å². The Morgan fingerprint density at radius 2 is 1.77 bits per heavy atom. The van der Waals surface area contributed by atoms with Gasteiger partial charge in [0, 0.05) is 17.6 Å². The Balaban J connectivity index is 1.75. The number of benzene rings is 1. The summed E-state index contributed by atoms with van der Waals surface area (Å²) in [5.41, 5.74) is 3.82. The number of halogens is 1. The number of aryl methyl sites for hydroxylation is 2. The fraction of sp³-hybridized carbons (Fsp3) is 0.130. The van der Waals surface area contributed by atoms with E-state index in [2.05, 4.69) is 10.3 Å². The molecule has 3 aromatic rings. The number of thiocarbonyl (C=S) groups is 1. The van der Waals surface area contributed by atoms with Crippen molar-refractivity contribution in [3.63, 3.8) is 0 Å². The zero-order valence-corrected chi connectivity index (χ0v) is 18.0. The van der Waals surface area contributed by atoms with E-state index in [1.165, 1.54) is 29.2 Å². The SMILES string of the molecule is Cc1ccc(-n2c(C)cc(/C=C3\C(=O)NC(=S)N(c4ccc(F)cc4)C3=O)c2C)nc1. The van der Waals surface area contributed by atoms with Crippen LogP contribution in [0.4, 0.5) is 10.1 Å². The Morgan fingerprint density at radius 3 is 2.42 bits per heavy atom. The van der Waals surface area contributed by atoms with Gasteiger partial charge in [0.25, 0.3) is 11.8 Å². The lowest BCUT2D eigenvalue weighted by Crippen LogP contribution is -2.54. The van der Waals surface area contributed by atoms with E-state index < -0.39 is 17.6 Å². The predicted octanol–water partition coefficient (Wildman–Crippen LogP) is 3.77. The van der Waals surface area contributed by atoms with Crippen LogP contribution in [0.1, 0.15) is 22.5 Å². The molecule has 31 heavy (non-hydrogen) atoms. The normalized spacial score (nSPS) is 15.5. The fourth-order valence-electron chi connectivity index (χ4n) is 3.52. The van der Waals surface area contributed by atoms with Crippen molar-refractivity contribution in [3.8, 4) is 5.82 Å². The van der Waals surface area contributed by atoms with Crippen LogP contribution in [0.2, 0.25) is 0 Å². The van der Waals surface area contributed by atoms with Crippen molar-refractivity contribution in [2.24, 2.45) is 0 Å². The second kappa shape index (κ2) is 7.88. The van der Waals surface area contributed by atoms with Crippen LogP contribution in [0, 0.1) is 26.6 Å². The van der Waals surface area contributed by atoms with Gasteiger partial charge >= 0.3 is 0 Å². The van der Waals surface area contributed by atoms with Gasteiger partial charge in [-0.25, -0.2) is 9.37 Å². The van der Waals surface area contributed by atoms with Gasteiger partial charge in [0.2, 0.25) is 0 Å². The van der Waals surface area contributed by atoms with Gasteiger partial charge in [-0.15, -0.1) is 0 Å². The minimum Gasteiger partial charge on any atom is -0.303 e. The van der Waals surface area contributed by atoms with Crippen molar-refractivity contribution >= 4 is 40.9 Å². The number of hydrogen-bond donors (Lipinski definition) is 1. The third kappa shape index (κ3) is 3.77. The lowest BCUT2D eigenvalue weighted by molar-refractivity contribution is -0.122. The first-order chi connectivity index (χ1) is 14.8. The monoisotopic (exact) mass is 434 g/mol. The maximum atomic E-state index is 13.3. The van der Waals surface area contributed by atoms with Crippen molar-refractivity contribution in [1.29, 1.82) is 0 Å². The maximum Gasteiger partial charge on any atom is 0.270 e. The number of anilines is 1. The largest absolute Gasteiger partial charge is 0.303 e. The molecule has 0 bridgehead atoms. The average Bonchev–Trinajstić information content (AvgIpc) is 3.00. The number of nitrogens with zero attached hydrogens (tertiary/aromatic N) is 3. The molecule has 1 aliphatic heterocycles. The van der Waals surface area contributed by atoms with Crippen LogP contribution in [0.25, 0.3) is 11.9 Å². The third-order valence-corrected chi connectivity index (χ3v) is 5.37. The van der Waals surface area contributed by atoms with Crippen LogP contribution in [-0.4, -0.2) is 26.5 Å². The summed E-state index contributed by atoms with van der Waals surface area (Å²) in [6.07, 6.45) is 3.33. The van der Waals surface area contributed by atoms with Gasteiger partial charge in [-0.2, -0.15) is 0 Å². The van der Waals surface area contributed by atoms with Crippen LogP contribution < -0.4 is 10.2 Å². The van der Waals surface area contributed by atoms with Crippen molar-refractivity contribution in [2.75, 3.05) is 4.90 Å². The molecule has 1 fully saturated rings. The Hall–Kier alpha value is -3.65. The first-order valence-corrected chi connectivity index (χ1v) is 9.96. The molecule has 6 nitrogen and oxygen atoms in total. The molecule has 0 aliphatic carbocycles. The molecule has 1 saturated heterocycles. The number of nitrogens with one attached hydrogen (secondary N) is 1. The number of carbonyl (C=O) groups excluding carboxylic acids is 2. The van der Waals surface area contributed by atoms with Gasteiger partial charge in [0.05, 0.1) is 5.69 Å². The fourth-order valence-corrected chi connectivity index (χ4v) is 3.80. The quantitative estimate of drug-likeness (QED) is 0.387. The Bertz CT molecular complexity index is 1240. The molecule has 0 saturated carbocycles. The molecule has 8 heteroatoms. The molecular weight excluding hydrogens is 415 g/mol. The van der Waals surface area contributed by atoms with Gasteiger partial charge in [-0.1, -0.05) is 6.07 Å². The second-order valence-electron chi connectivity index (χ2n) is 7.29. The summed E-state index contributed by atoms with van der Waals surface area (Å²) >= 11 is 5.18. The van der Waals surface area contributed by atoms with E-state index in [1.54, 1.807) is 12.3 Å². The first kappa shape index (κ1) is 20.6. The van der Waals surface area contributed by atoms with Gasteiger partial charge < -0.3 is 4.57 Å². The highest BCUT2D eigenvalue weighted by molar-refractivity contribution is 7.80.